The predicted octanol–water partition coefficient (Wildman–Crippen LogP) is 4.32. The van der Waals surface area contributed by atoms with E-state index in [2.05, 4.69) is 13.8 Å². The van der Waals surface area contributed by atoms with Gasteiger partial charge in [-0.15, -0.1) is 0 Å². The molecule has 0 amide bonds. The molecule has 104 valence electrons. The van der Waals surface area contributed by atoms with E-state index in [0.29, 0.717) is 0 Å². The van der Waals surface area contributed by atoms with Gasteiger partial charge in [-0.2, -0.15) is 0 Å². The summed E-state index contributed by atoms with van der Waals surface area (Å²) in [4.78, 5) is 11.0. The third kappa shape index (κ3) is 11.9. The summed E-state index contributed by atoms with van der Waals surface area (Å²) in [5, 5.41) is 0. The van der Waals surface area contributed by atoms with Gasteiger partial charge in [0.2, 0.25) is 0 Å². The van der Waals surface area contributed by atoms with Crippen LogP contribution in [0.3, 0.4) is 0 Å². The molecule has 2 unspecified atom stereocenters. The van der Waals surface area contributed by atoms with Crippen molar-refractivity contribution in [2.24, 2.45) is 11.7 Å². The van der Waals surface area contributed by atoms with Gasteiger partial charge in [0.1, 0.15) is 5.78 Å². The maximum atomic E-state index is 11.0. The Morgan fingerprint density at radius 1 is 1.06 bits per heavy atom. The summed E-state index contributed by atoms with van der Waals surface area (Å²) in [6.07, 6.45) is 8.42. The average molecular weight is 243 g/mol. The minimum absolute atomic E-state index is 0.124. The monoisotopic (exact) mass is 243 g/mol. The fraction of sp³-hybridized carbons (Fsp3) is 0.933. The van der Waals surface area contributed by atoms with Gasteiger partial charge < -0.3 is 5.73 Å². The van der Waals surface area contributed by atoms with E-state index in [0.717, 1.165) is 18.8 Å². The molecule has 2 N–H and O–H groups in total. The minimum atomic E-state index is -0.231. The minimum Gasteiger partial charge on any atom is -0.322 e. The van der Waals surface area contributed by atoms with E-state index >= 15 is 0 Å². The largest absolute Gasteiger partial charge is 0.322 e. The van der Waals surface area contributed by atoms with Crippen LogP contribution in [-0.4, -0.2) is 11.8 Å². The van der Waals surface area contributed by atoms with Crippen molar-refractivity contribution in [3.63, 3.8) is 0 Å². The number of nitrogens with two attached hydrogens (primary N) is 1. The summed E-state index contributed by atoms with van der Waals surface area (Å²) in [6, 6.07) is -0.231. The Morgan fingerprint density at radius 2 is 1.65 bits per heavy atom. The molecule has 0 bridgehead atoms. The second kappa shape index (κ2) is 13.7. The number of rotatable bonds is 9. The van der Waals surface area contributed by atoms with Crippen LogP contribution in [0.2, 0.25) is 0 Å². The van der Waals surface area contributed by atoms with E-state index in [9.17, 15) is 4.79 Å². The SMILES string of the molecule is CC.CCCCCC(CC)CCC(N)C(C)=O. The van der Waals surface area contributed by atoms with E-state index in [1.54, 1.807) is 6.92 Å². The van der Waals surface area contributed by atoms with Crippen LogP contribution in [0.15, 0.2) is 0 Å². The van der Waals surface area contributed by atoms with Crippen molar-refractivity contribution in [1.82, 2.24) is 0 Å². The molecule has 0 spiro atoms. The van der Waals surface area contributed by atoms with Gasteiger partial charge >= 0.3 is 0 Å². The first kappa shape index (κ1) is 19.0. The lowest BCUT2D eigenvalue weighted by Crippen LogP contribution is -2.28. The smallest absolute Gasteiger partial charge is 0.146 e. The van der Waals surface area contributed by atoms with Crippen LogP contribution in [0.1, 0.15) is 79.6 Å². The van der Waals surface area contributed by atoms with E-state index in [1.807, 2.05) is 13.8 Å². The van der Waals surface area contributed by atoms with E-state index in [1.165, 1.54) is 32.1 Å². The molecule has 0 aliphatic rings. The zero-order valence-electron chi connectivity index (χ0n) is 12.6. The van der Waals surface area contributed by atoms with Crippen molar-refractivity contribution in [1.29, 1.82) is 0 Å². The molecule has 2 nitrogen and oxygen atoms in total. The first-order valence-corrected chi connectivity index (χ1v) is 7.37. The van der Waals surface area contributed by atoms with E-state index < -0.39 is 0 Å². The highest BCUT2D eigenvalue weighted by Crippen LogP contribution is 2.19. The van der Waals surface area contributed by atoms with Crippen LogP contribution >= 0.6 is 0 Å². The number of unbranched alkanes of at least 4 members (excludes halogenated alkanes) is 2. The second-order valence-corrected chi connectivity index (χ2v) is 4.56. The summed E-state index contributed by atoms with van der Waals surface area (Å²) in [6.45, 7) is 10.0. The molecule has 0 fully saturated rings. The van der Waals surface area contributed by atoms with Crippen LogP contribution in [0, 0.1) is 5.92 Å². The van der Waals surface area contributed by atoms with E-state index in [4.69, 9.17) is 5.73 Å². The van der Waals surface area contributed by atoms with Gasteiger partial charge in [-0.1, -0.05) is 59.8 Å². The summed E-state index contributed by atoms with van der Waals surface area (Å²) < 4.78 is 0. The Morgan fingerprint density at radius 3 is 2.06 bits per heavy atom. The molecular weight excluding hydrogens is 210 g/mol. The lowest BCUT2D eigenvalue weighted by atomic mass is 9.91. The van der Waals surface area contributed by atoms with Gasteiger partial charge in [0, 0.05) is 0 Å². The van der Waals surface area contributed by atoms with Crippen molar-refractivity contribution >= 4 is 5.78 Å². The highest BCUT2D eigenvalue weighted by molar-refractivity contribution is 5.81. The Balaban J connectivity index is 0. The van der Waals surface area contributed by atoms with Crippen LogP contribution in [0.5, 0.6) is 0 Å². The first-order chi connectivity index (χ1) is 8.11. The van der Waals surface area contributed by atoms with Crippen LogP contribution in [0.25, 0.3) is 0 Å². The molecule has 0 aliphatic heterocycles. The zero-order valence-corrected chi connectivity index (χ0v) is 12.6. The number of hydrogen-bond donors (Lipinski definition) is 1. The summed E-state index contributed by atoms with van der Waals surface area (Å²) in [5.74, 6) is 0.889. The molecule has 0 aliphatic carbocycles. The normalized spacial score (nSPS) is 13.5. The second-order valence-electron chi connectivity index (χ2n) is 4.56. The van der Waals surface area contributed by atoms with E-state index in [-0.39, 0.29) is 11.8 Å². The zero-order chi connectivity index (χ0) is 13.7. The third-order valence-electron chi connectivity index (χ3n) is 3.20. The van der Waals surface area contributed by atoms with Gasteiger partial charge in [-0.25, -0.2) is 0 Å². The fourth-order valence-corrected chi connectivity index (χ4v) is 1.85. The molecular formula is C15H33NO. The molecule has 2 atom stereocenters. The van der Waals surface area contributed by atoms with Crippen LogP contribution in [0.4, 0.5) is 0 Å². The highest BCUT2D eigenvalue weighted by atomic mass is 16.1. The number of hydrogen-bond acceptors (Lipinski definition) is 2. The lowest BCUT2D eigenvalue weighted by molar-refractivity contribution is -0.118. The maximum Gasteiger partial charge on any atom is 0.146 e. The van der Waals surface area contributed by atoms with Crippen molar-refractivity contribution in [2.75, 3.05) is 0 Å². The maximum absolute atomic E-state index is 11.0. The molecule has 0 radical (unpaired) electrons. The Kier molecular flexibility index (Phi) is 15.3. The fourth-order valence-electron chi connectivity index (χ4n) is 1.85. The van der Waals surface area contributed by atoms with Crippen molar-refractivity contribution in [2.45, 2.75) is 85.6 Å². The van der Waals surface area contributed by atoms with Gasteiger partial charge in [0.15, 0.2) is 0 Å². The molecule has 0 saturated heterocycles. The third-order valence-corrected chi connectivity index (χ3v) is 3.20. The summed E-state index contributed by atoms with van der Waals surface area (Å²) in [5.41, 5.74) is 5.72. The number of carbonyl (C=O) groups is 1. The molecule has 0 heterocycles. The topological polar surface area (TPSA) is 43.1 Å². The molecule has 17 heavy (non-hydrogen) atoms. The van der Waals surface area contributed by atoms with Gasteiger partial charge in [0.05, 0.1) is 6.04 Å². The summed E-state index contributed by atoms with van der Waals surface area (Å²) >= 11 is 0. The molecule has 2 heteroatoms. The van der Waals surface area contributed by atoms with Crippen LogP contribution < -0.4 is 5.73 Å². The molecule has 0 aromatic rings. The highest BCUT2D eigenvalue weighted by Gasteiger charge is 2.12. The first-order valence-electron chi connectivity index (χ1n) is 7.37. The molecule has 0 rings (SSSR count). The predicted molar refractivity (Wildman–Crippen MR) is 77.2 cm³/mol. The number of carbonyl (C=O) groups excluding carboxylic acids is 1. The van der Waals surface area contributed by atoms with Gasteiger partial charge in [-0.3, -0.25) is 4.79 Å². The number of Topliss-reactive ketones (excluding diaryl/α,β-unsaturated/α-hetero) is 1. The standard InChI is InChI=1S/C13H27NO.C2H6/c1-4-6-7-8-12(5-2)9-10-13(14)11(3)15;1-2/h12-13H,4-10,14H2,1-3H3;1-2H3. The van der Waals surface area contributed by atoms with Gasteiger partial charge in [-0.05, 0) is 25.7 Å². The van der Waals surface area contributed by atoms with Crippen molar-refractivity contribution < 1.29 is 4.79 Å². The molecule has 0 aromatic carbocycles. The average Bonchev–Trinajstić information content (AvgIpc) is 2.35. The Bertz CT molecular complexity index is 168. The number of ketones is 1. The Labute approximate surface area is 108 Å². The van der Waals surface area contributed by atoms with Crippen LogP contribution in [-0.2, 0) is 4.79 Å². The molecule has 0 aromatic heterocycles. The van der Waals surface area contributed by atoms with Crippen molar-refractivity contribution in [3.8, 4) is 0 Å². The van der Waals surface area contributed by atoms with Crippen molar-refractivity contribution in [3.05, 3.63) is 0 Å². The summed E-state index contributed by atoms with van der Waals surface area (Å²) in [7, 11) is 0. The molecule has 0 saturated carbocycles. The lowest BCUT2D eigenvalue weighted by Gasteiger charge is -2.16. The Hall–Kier alpha value is -0.370. The van der Waals surface area contributed by atoms with Gasteiger partial charge in [0.25, 0.3) is 0 Å². The quantitative estimate of drug-likeness (QED) is 0.613.